The summed E-state index contributed by atoms with van der Waals surface area (Å²) < 4.78 is 7.26. The van der Waals surface area contributed by atoms with E-state index in [-0.39, 0.29) is 0 Å². The van der Waals surface area contributed by atoms with Crippen LogP contribution in [-0.2, 0) is 0 Å². The Morgan fingerprint density at radius 3 is 2.75 bits per heavy atom. The van der Waals surface area contributed by atoms with Crippen LogP contribution in [0.5, 0.6) is 5.75 Å². The van der Waals surface area contributed by atoms with Crippen molar-refractivity contribution in [2.75, 3.05) is 7.11 Å². The number of rotatable bonds is 4. The molecular formula is C16H12Cl2N4OS. The molecule has 0 bridgehead atoms. The Balaban J connectivity index is 2.03. The molecular weight excluding hydrogens is 367 g/mol. The molecule has 0 fully saturated rings. The summed E-state index contributed by atoms with van der Waals surface area (Å²) in [4.78, 5) is 0. The van der Waals surface area contributed by atoms with Crippen molar-refractivity contribution in [3.8, 4) is 17.1 Å². The van der Waals surface area contributed by atoms with Gasteiger partial charge in [-0.05, 0) is 42.0 Å². The molecule has 0 amide bonds. The SMILES string of the molecule is COc1ccccc1-c1n[nH]c(=S)n1N=Cc1ccc(Cl)c(Cl)c1. The number of nitrogens with zero attached hydrogens (tertiary/aromatic N) is 3. The highest BCUT2D eigenvalue weighted by atomic mass is 35.5. The van der Waals surface area contributed by atoms with E-state index in [4.69, 9.17) is 40.2 Å². The summed E-state index contributed by atoms with van der Waals surface area (Å²) in [6, 6.07) is 12.7. The van der Waals surface area contributed by atoms with E-state index in [1.54, 1.807) is 25.5 Å². The third-order valence-corrected chi connectivity index (χ3v) is 4.27. The molecule has 0 spiro atoms. The zero-order valence-electron chi connectivity index (χ0n) is 12.5. The number of nitrogens with one attached hydrogen (secondary N) is 1. The molecule has 1 heterocycles. The fourth-order valence-electron chi connectivity index (χ4n) is 2.12. The molecule has 0 aliphatic rings. The summed E-state index contributed by atoms with van der Waals surface area (Å²) in [5, 5.41) is 12.3. The number of halogens is 2. The lowest BCUT2D eigenvalue weighted by atomic mass is 10.2. The average molecular weight is 379 g/mol. The highest BCUT2D eigenvalue weighted by Crippen LogP contribution is 2.28. The molecule has 2 aromatic carbocycles. The van der Waals surface area contributed by atoms with Gasteiger partial charge < -0.3 is 4.74 Å². The van der Waals surface area contributed by atoms with Crippen LogP contribution in [0.1, 0.15) is 5.56 Å². The highest BCUT2D eigenvalue weighted by Gasteiger charge is 2.12. The van der Waals surface area contributed by atoms with E-state index >= 15 is 0 Å². The number of hydrogen-bond donors (Lipinski definition) is 1. The van der Waals surface area contributed by atoms with Gasteiger partial charge in [-0.25, -0.2) is 5.10 Å². The van der Waals surface area contributed by atoms with Crippen molar-refractivity contribution in [3.63, 3.8) is 0 Å². The smallest absolute Gasteiger partial charge is 0.216 e. The maximum atomic E-state index is 6.02. The monoisotopic (exact) mass is 378 g/mol. The number of aromatic amines is 1. The van der Waals surface area contributed by atoms with Gasteiger partial charge in [-0.1, -0.05) is 41.4 Å². The van der Waals surface area contributed by atoms with Gasteiger partial charge in [-0.2, -0.15) is 14.9 Å². The Labute approximate surface area is 153 Å². The Hall–Kier alpha value is -2.15. The molecule has 3 rings (SSSR count). The van der Waals surface area contributed by atoms with E-state index < -0.39 is 0 Å². The largest absolute Gasteiger partial charge is 0.496 e. The van der Waals surface area contributed by atoms with Gasteiger partial charge in [0.2, 0.25) is 4.77 Å². The Morgan fingerprint density at radius 2 is 2.00 bits per heavy atom. The van der Waals surface area contributed by atoms with Crippen LogP contribution in [0.3, 0.4) is 0 Å². The zero-order chi connectivity index (χ0) is 17.1. The lowest BCUT2D eigenvalue weighted by Gasteiger charge is -2.06. The molecule has 1 aromatic heterocycles. The molecule has 0 saturated heterocycles. The normalized spacial score (nSPS) is 11.1. The molecule has 3 aromatic rings. The van der Waals surface area contributed by atoms with Crippen LogP contribution in [0.4, 0.5) is 0 Å². The van der Waals surface area contributed by atoms with E-state index in [1.165, 1.54) is 4.68 Å². The predicted octanol–water partition coefficient (Wildman–Crippen LogP) is 4.81. The lowest BCUT2D eigenvalue weighted by molar-refractivity contribution is 0.416. The number of H-pyrrole nitrogens is 1. The molecule has 0 radical (unpaired) electrons. The van der Waals surface area contributed by atoms with Crippen molar-refractivity contribution in [1.29, 1.82) is 0 Å². The third-order valence-electron chi connectivity index (χ3n) is 3.26. The Kier molecular flexibility index (Phi) is 4.99. The van der Waals surface area contributed by atoms with E-state index in [0.29, 0.717) is 26.4 Å². The number of hydrogen-bond acceptors (Lipinski definition) is 4. The maximum absolute atomic E-state index is 6.02. The molecule has 0 aliphatic heterocycles. The molecule has 5 nitrogen and oxygen atoms in total. The summed E-state index contributed by atoms with van der Waals surface area (Å²) in [6.45, 7) is 0. The van der Waals surface area contributed by atoms with Crippen LogP contribution in [-0.4, -0.2) is 28.2 Å². The highest BCUT2D eigenvalue weighted by molar-refractivity contribution is 7.71. The van der Waals surface area contributed by atoms with Crippen molar-refractivity contribution in [2.45, 2.75) is 0 Å². The fourth-order valence-corrected chi connectivity index (χ4v) is 2.61. The standard InChI is InChI=1S/C16H12Cl2N4OS/c1-23-14-5-3-2-4-11(14)15-20-21-16(24)22(15)19-9-10-6-7-12(17)13(18)8-10/h2-9H,1H3,(H,21,24). The van der Waals surface area contributed by atoms with Gasteiger partial charge in [-0.3, -0.25) is 0 Å². The number of aromatic nitrogens is 3. The van der Waals surface area contributed by atoms with Crippen molar-refractivity contribution in [3.05, 3.63) is 62.8 Å². The summed E-state index contributed by atoms with van der Waals surface area (Å²) in [7, 11) is 1.60. The van der Waals surface area contributed by atoms with Crippen molar-refractivity contribution in [2.24, 2.45) is 5.10 Å². The fraction of sp³-hybridized carbons (Fsp3) is 0.0625. The third kappa shape index (κ3) is 3.36. The van der Waals surface area contributed by atoms with Gasteiger partial charge >= 0.3 is 0 Å². The topological polar surface area (TPSA) is 55.2 Å². The van der Waals surface area contributed by atoms with Crippen molar-refractivity contribution in [1.82, 2.24) is 14.9 Å². The van der Waals surface area contributed by atoms with Gasteiger partial charge in [0.15, 0.2) is 5.82 Å². The summed E-state index contributed by atoms with van der Waals surface area (Å²) in [5.74, 6) is 1.23. The van der Waals surface area contributed by atoms with Crippen molar-refractivity contribution >= 4 is 41.6 Å². The van der Waals surface area contributed by atoms with Crippen molar-refractivity contribution < 1.29 is 4.74 Å². The van der Waals surface area contributed by atoms with Crippen LogP contribution >= 0.6 is 35.4 Å². The first-order valence-electron chi connectivity index (χ1n) is 6.90. The van der Waals surface area contributed by atoms with Gasteiger partial charge in [0, 0.05) is 0 Å². The molecule has 1 N–H and O–H groups in total. The Morgan fingerprint density at radius 1 is 1.21 bits per heavy atom. The summed E-state index contributed by atoms with van der Waals surface area (Å²) in [5.41, 5.74) is 1.57. The van der Waals surface area contributed by atoms with Crippen LogP contribution in [0.2, 0.25) is 10.0 Å². The van der Waals surface area contributed by atoms with Crippen LogP contribution < -0.4 is 4.74 Å². The summed E-state index contributed by atoms with van der Waals surface area (Å²) >= 11 is 17.2. The first-order valence-corrected chi connectivity index (χ1v) is 8.07. The minimum Gasteiger partial charge on any atom is -0.496 e. The van der Waals surface area contributed by atoms with E-state index in [1.807, 2.05) is 30.3 Å². The molecule has 0 unspecified atom stereocenters. The van der Waals surface area contributed by atoms with Gasteiger partial charge in [-0.15, -0.1) is 0 Å². The number of methoxy groups -OCH3 is 1. The lowest BCUT2D eigenvalue weighted by Crippen LogP contribution is -1.97. The number of ether oxygens (including phenoxy) is 1. The van der Waals surface area contributed by atoms with E-state index in [9.17, 15) is 0 Å². The first kappa shape index (κ1) is 16.7. The Bertz CT molecular complexity index is 965. The number of benzene rings is 2. The minimum absolute atomic E-state index is 0.368. The average Bonchev–Trinajstić information content (AvgIpc) is 2.96. The maximum Gasteiger partial charge on any atom is 0.216 e. The van der Waals surface area contributed by atoms with Gasteiger partial charge in [0.25, 0.3) is 0 Å². The minimum atomic E-state index is 0.368. The molecule has 0 saturated carbocycles. The number of para-hydroxylation sites is 1. The first-order chi connectivity index (χ1) is 11.6. The molecule has 122 valence electrons. The molecule has 0 aliphatic carbocycles. The molecule has 24 heavy (non-hydrogen) atoms. The quantitative estimate of drug-likeness (QED) is 0.523. The van der Waals surface area contributed by atoms with Gasteiger partial charge in [0.1, 0.15) is 5.75 Å². The van der Waals surface area contributed by atoms with Crippen LogP contribution in [0.15, 0.2) is 47.6 Å². The zero-order valence-corrected chi connectivity index (χ0v) is 14.9. The second kappa shape index (κ2) is 7.17. The predicted molar refractivity (Wildman–Crippen MR) is 98.9 cm³/mol. The second-order valence-electron chi connectivity index (χ2n) is 4.78. The molecule has 0 atom stereocenters. The van der Waals surface area contributed by atoms with E-state index in [0.717, 1.165) is 11.1 Å². The van der Waals surface area contributed by atoms with Gasteiger partial charge in [0.05, 0.1) is 28.9 Å². The molecule has 8 heteroatoms. The second-order valence-corrected chi connectivity index (χ2v) is 5.98. The summed E-state index contributed by atoms with van der Waals surface area (Å²) in [6.07, 6.45) is 1.63. The van der Waals surface area contributed by atoms with Crippen LogP contribution in [0.25, 0.3) is 11.4 Å². The van der Waals surface area contributed by atoms with Crippen LogP contribution in [0, 0.1) is 4.77 Å². The van der Waals surface area contributed by atoms with E-state index in [2.05, 4.69) is 15.3 Å².